The molecule has 0 amide bonds. The van der Waals surface area contributed by atoms with Crippen LogP contribution in [0.15, 0.2) is 30.3 Å². The maximum absolute atomic E-state index is 12.5. The lowest BCUT2D eigenvalue weighted by atomic mass is 10.1. The van der Waals surface area contributed by atoms with Crippen LogP contribution in [0.5, 0.6) is 0 Å². The second kappa shape index (κ2) is 7.04. The Morgan fingerprint density at radius 2 is 1.90 bits per heavy atom. The standard InChI is InChI=1S/C15H17F3N2S/c1-2-19-9-8-12-14(11-6-4-3-5-7-11)20-13(21-12)10-15(16,17)18/h3-7,19H,2,8-10H2,1H3. The van der Waals surface area contributed by atoms with E-state index in [0.29, 0.717) is 12.1 Å². The molecule has 0 saturated heterocycles. The first-order valence-electron chi connectivity index (χ1n) is 6.81. The number of rotatable bonds is 6. The molecule has 0 bridgehead atoms. The molecular weight excluding hydrogens is 297 g/mol. The first-order chi connectivity index (χ1) is 9.99. The molecule has 1 aromatic carbocycles. The molecule has 0 aliphatic heterocycles. The van der Waals surface area contributed by atoms with Gasteiger partial charge in [0, 0.05) is 17.0 Å². The summed E-state index contributed by atoms with van der Waals surface area (Å²) in [4.78, 5) is 5.12. The molecule has 0 fully saturated rings. The summed E-state index contributed by atoms with van der Waals surface area (Å²) in [5, 5.41) is 3.32. The number of likely N-dealkylation sites (N-methyl/N-ethyl adjacent to an activating group) is 1. The highest BCUT2D eigenvalue weighted by Gasteiger charge is 2.30. The number of alkyl halides is 3. The molecule has 1 aromatic heterocycles. The van der Waals surface area contributed by atoms with Gasteiger partial charge in [-0.1, -0.05) is 37.3 Å². The van der Waals surface area contributed by atoms with Gasteiger partial charge in [0.1, 0.15) is 5.01 Å². The minimum atomic E-state index is -4.22. The van der Waals surface area contributed by atoms with Gasteiger partial charge >= 0.3 is 6.18 Å². The zero-order valence-corrected chi connectivity index (χ0v) is 12.5. The number of hydrogen-bond acceptors (Lipinski definition) is 3. The maximum atomic E-state index is 12.5. The van der Waals surface area contributed by atoms with Gasteiger partial charge in [0.2, 0.25) is 0 Å². The maximum Gasteiger partial charge on any atom is 0.395 e. The minimum Gasteiger partial charge on any atom is -0.317 e. The molecule has 0 spiro atoms. The Morgan fingerprint density at radius 3 is 2.52 bits per heavy atom. The number of aromatic nitrogens is 1. The second-order valence-corrected chi connectivity index (χ2v) is 5.81. The molecule has 0 radical (unpaired) electrons. The Bertz CT molecular complexity index is 564. The van der Waals surface area contributed by atoms with Crippen molar-refractivity contribution in [3.05, 3.63) is 40.2 Å². The third kappa shape index (κ3) is 4.82. The van der Waals surface area contributed by atoms with E-state index in [-0.39, 0.29) is 5.01 Å². The molecule has 114 valence electrons. The lowest BCUT2D eigenvalue weighted by molar-refractivity contribution is -0.127. The van der Waals surface area contributed by atoms with E-state index in [1.54, 1.807) is 0 Å². The number of nitrogens with one attached hydrogen (secondary N) is 1. The average Bonchev–Trinajstić information content (AvgIpc) is 2.81. The van der Waals surface area contributed by atoms with Crippen LogP contribution in [-0.2, 0) is 12.8 Å². The molecule has 0 saturated carbocycles. The summed E-state index contributed by atoms with van der Waals surface area (Å²) < 4.78 is 37.6. The fraction of sp³-hybridized carbons (Fsp3) is 0.400. The fourth-order valence-electron chi connectivity index (χ4n) is 2.02. The highest BCUT2D eigenvalue weighted by Crippen LogP contribution is 2.32. The summed E-state index contributed by atoms with van der Waals surface area (Å²) in [6.45, 7) is 3.58. The van der Waals surface area contributed by atoms with Crippen molar-refractivity contribution < 1.29 is 13.2 Å². The van der Waals surface area contributed by atoms with Gasteiger partial charge in [0.05, 0.1) is 12.1 Å². The third-order valence-corrected chi connectivity index (χ3v) is 4.03. The van der Waals surface area contributed by atoms with Crippen LogP contribution in [0.2, 0.25) is 0 Å². The van der Waals surface area contributed by atoms with Crippen molar-refractivity contribution in [2.75, 3.05) is 13.1 Å². The van der Waals surface area contributed by atoms with Crippen LogP contribution in [0.25, 0.3) is 11.3 Å². The van der Waals surface area contributed by atoms with Gasteiger partial charge < -0.3 is 5.32 Å². The van der Waals surface area contributed by atoms with Crippen molar-refractivity contribution in [2.24, 2.45) is 0 Å². The minimum absolute atomic E-state index is 0.132. The van der Waals surface area contributed by atoms with Gasteiger partial charge in [-0.15, -0.1) is 11.3 Å². The molecule has 0 unspecified atom stereocenters. The first-order valence-corrected chi connectivity index (χ1v) is 7.62. The van der Waals surface area contributed by atoms with Gasteiger partial charge in [-0.05, 0) is 13.0 Å². The normalized spacial score (nSPS) is 11.8. The van der Waals surface area contributed by atoms with Crippen LogP contribution in [0, 0.1) is 0 Å². The highest BCUT2D eigenvalue weighted by atomic mass is 32.1. The number of hydrogen-bond donors (Lipinski definition) is 1. The molecule has 1 heterocycles. The first kappa shape index (κ1) is 16.0. The molecular formula is C15H17F3N2S. The predicted molar refractivity (Wildman–Crippen MR) is 79.6 cm³/mol. The molecule has 2 nitrogen and oxygen atoms in total. The van der Waals surface area contributed by atoms with Crippen molar-refractivity contribution in [3.8, 4) is 11.3 Å². The second-order valence-electron chi connectivity index (χ2n) is 4.64. The molecule has 21 heavy (non-hydrogen) atoms. The van der Waals surface area contributed by atoms with Crippen LogP contribution in [0.3, 0.4) is 0 Å². The summed E-state index contributed by atoms with van der Waals surface area (Å²) in [5.41, 5.74) is 1.55. The van der Waals surface area contributed by atoms with Gasteiger partial charge in [-0.3, -0.25) is 0 Å². The summed E-state index contributed by atoms with van der Waals surface area (Å²) in [6, 6.07) is 9.37. The molecule has 2 aromatic rings. The fourth-order valence-corrected chi connectivity index (χ4v) is 3.14. The van der Waals surface area contributed by atoms with Crippen LogP contribution in [0.1, 0.15) is 16.8 Å². The van der Waals surface area contributed by atoms with Crippen LogP contribution in [-0.4, -0.2) is 24.2 Å². The molecule has 0 aliphatic rings. The summed E-state index contributed by atoms with van der Waals surface area (Å²) in [7, 11) is 0. The number of halogens is 3. The van der Waals surface area contributed by atoms with E-state index >= 15 is 0 Å². The SMILES string of the molecule is CCNCCc1sc(CC(F)(F)F)nc1-c1ccccc1. The molecule has 0 aliphatic carbocycles. The Balaban J connectivity index is 2.27. The van der Waals surface area contributed by atoms with Crippen molar-refractivity contribution >= 4 is 11.3 Å². The van der Waals surface area contributed by atoms with E-state index in [1.165, 1.54) is 0 Å². The van der Waals surface area contributed by atoms with Gasteiger partial charge in [-0.2, -0.15) is 13.2 Å². The van der Waals surface area contributed by atoms with E-state index in [9.17, 15) is 13.2 Å². The van der Waals surface area contributed by atoms with E-state index in [2.05, 4.69) is 10.3 Å². The van der Waals surface area contributed by atoms with Crippen LogP contribution >= 0.6 is 11.3 Å². The average molecular weight is 314 g/mol. The van der Waals surface area contributed by atoms with E-state index in [4.69, 9.17) is 0 Å². The lowest BCUT2D eigenvalue weighted by Gasteiger charge is -2.03. The Morgan fingerprint density at radius 1 is 1.19 bits per heavy atom. The lowest BCUT2D eigenvalue weighted by Crippen LogP contribution is -2.15. The van der Waals surface area contributed by atoms with E-state index in [0.717, 1.165) is 34.9 Å². The molecule has 6 heteroatoms. The Kier molecular flexibility index (Phi) is 5.36. The van der Waals surface area contributed by atoms with Crippen molar-refractivity contribution in [2.45, 2.75) is 25.9 Å². The van der Waals surface area contributed by atoms with Crippen LogP contribution in [0.4, 0.5) is 13.2 Å². The third-order valence-electron chi connectivity index (χ3n) is 2.92. The van der Waals surface area contributed by atoms with Crippen molar-refractivity contribution in [1.29, 1.82) is 0 Å². The quantitative estimate of drug-likeness (QED) is 0.813. The van der Waals surface area contributed by atoms with Gasteiger partial charge in [0.25, 0.3) is 0 Å². The van der Waals surface area contributed by atoms with E-state index < -0.39 is 12.6 Å². The smallest absolute Gasteiger partial charge is 0.317 e. The zero-order valence-electron chi connectivity index (χ0n) is 11.7. The molecule has 0 atom stereocenters. The molecule has 2 rings (SSSR count). The van der Waals surface area contributed by atoms with Gasteiger partial charge in [0.15, 0.2) is 0 Å². The highest BCUT2D eigenvalue weighted by molar-refractivity contribution is 7.12. The number of nitrogens with zero attached hydrogens (tertiary/aromatic N) is 1. The topological polar surface area (TPSA) is 24.9 Å². The summed E-state index contributed by atoms with van der Waals surface area (Å²) in [6.07, 6.45) is -4.49. The van der Waals surface area contributed by atoms with Crippen LogP contribution < -0.4 is 5.32 Å². The largest absolute Gasteiger partial charge is 0.395 e. The number of thiazole rings is 1. The Hall–Kier alpha value is -1.40. The molecule has 1 N–H and O–H groups in total. The van der Waals surface area contributed by atoms with E-state index in [1.807, 2.05) is 37.3 Å². The van der Waals surface area contributed by atoms with Crippen molar-refractivity contribution in [3.63, 3.8) is 0 Å². The zero-order chi connectivity index (χ0) is 15.3. The predicted octanol–water partition coefficient (Wildman–Crippen LogP) is 4.07. The summed E-state index contributed by atoms with van der Waals surface area (Å²) >= 11 is 1.16. The summed E-state index contributed by atoms with van der Waals surface area (Å²) in [5.74, 6) is 0. The van der Waals surface area contributed by atoms with Crippen molar-refractivity contribution in [1.82, 2.24) is 10.3 Å². The van der Waals surface area contributed by atoms with Gasteiger partial charge in [-0.25, -0.2) is 4.98 Å². The Labute approximate surface area is 126 Å². The monoisotopic (exact) mass is 314 g/mol. The number of benzene rings is 1.